The van der Waals surface area contributed by atoms with E-state index in [1.54, 1.807) is 45.0 Å². The van der Waals surface area contributed by atoms with Crippen molar-refractivity contribution >= 4 is 29.7 Å². The minimum Gasteiger partial charge on any atom is -0.480 e. The molecule has 2 amide bonds. The fraction of sp³-hybridized carbons (Fsp3) is 0.526. The quantitative estimate of drug-likeness (QED) is 0.592. The number of ether oxygens (including phenoxy) is 1. The second kappa shape index (κ2) is 10.8. The van der Waals surface area contributed by atoms with E-state index in [0.29, 0.717) is 12.2 Å². The molecule has 2 unspecified atom stereocenters. The Hall–Kier alpha value is -2.22. The average molecular weight is 397 g/mol. The average Bonchev–Trinajstić information content (AvgIpc) is 2.57. The van der Waals surface area contributed by atoms with Gasteiger partial charge in [0.1, 0.15) is 17.7 Å². The number of hydrogen-bond donors (Lipinski definition) is 3. The molecule has 0 aliphatic carbocycles. The van der Waals surface area contributed by atoms with Gasteiger partial charge in [0.25, 0.3) is 0 Å². The molecule has 0 saturated heterocycles. The molecule has 0 aromatic heterocycles. The predicted octanol–water partition coefficient (Wildman–Crippen LogP) is 2.44. The Kier molecular flexibility index (Phi) is 9.14. The highest BCUT2D eigenvalue weighted by Crippen LogP contribution is 2.09. The molecule has 0 aliphatic heterocycles. The van der Waals surface area contributed by atoms with Gasteiger partial charge in [-0.25, -0.2) is 9.59 Å². The van der Waals surface area contributed by atoms with E-state index in [4.69, 9.17) is 4.74 Å². The van der Waals surface area contributed by atoms with Crippen molar-refractivity contribution in [2.75, 3.05) is 12.0 Å². The SMILES string of the molecule is CSCCC(NC(=O)OC(C)(C)C)C(=O)NC(Cc1ccccc1)C(=O)O. The zero-order valence-corrected chi connectivity index (χ0v) is 17.0. The topological polar surface area (TPSA) is 105 Å². The third-order valence-electron chi connectivity index (χ3n) is 3.52. The van der Waals surface area contributed by atoms with Crippen LogP contribution in [0.2, 0.25) is 0 Å². The van der Waals surface area contributed by atoms with Crippen LogP contribution in [0.15, 0.2) is 30.3 Å². The van der Waals surface area contributed by atoms with Gasteiger partial charge in [-0.3, -0.25) is 4.79 Å². The van der Waals surface area contributed by atoms with E-state index in [1.165, 1.54) is 11.8 Å². The first-order chi connectivity index (χ1) is 12.6. The summed E-state index contributed by atoms with van der Waals surface area (Å²) in [6.07, 6.45) is 1.70. The van der Waals surface area contributed by atoms with Crippen LogP contribution < -0.4 is 10.6 Å². The number of nitrogens with one attached hydrogen (secondary N) is 2. The third-order valence-corrected chi connectivity index (χ3v) is 4.16. The van der Waals surface area contributed by atoms with Crippen LogP contribution in [0.4, 0.5) is 4.79 Å². The molecular weight excluding hydrogens is 368 g/mol. The van der Waals surface area contributed by atoms with Crippen LogP contribution in [-0.4, -0.2) is 52.8 Å². The van der Waals surface area contributed by atoms with Crippen LogP contribution in [0, 0.1) is 0 Å². The van der Waals surface area contributed by atoms with Gasteiger partial charge in [-0.05, 0) is 44.8 Å². The van der Waals surface area contributed by atoms with E-state index >= 15 is 0 Å². The predicted molar refractivity (Wildman–Crippen MR) is 106 cm³/mol. The van der Waals surface area contributed by atoms with Crippen LogP contribution >= 0.6 is 11.8 Å². The molecule has 1 aromatic rings. The molecule has 2 atom stereocenters. The van der Waals surface area contributed by atoms with Crippen LogP contribution in [0.25, 0.3) is 0 Å². The van der Waals surface area contributed by atoms with Gasteiger partial charge in [0.05, 0.1) is 0 Å². The molecule has 7 nitrogen and oxygen atoms in total. The van der Waals surface area contributed by atoms with E-state index < -0.39 is 35.7 Å². The van der Waals surface area contributed by atoms with E-state index in [2.05, 4.69) is 10.6 Å². The first-order valence-corrected chi connectivity index (χ1v) is 10.1. The molecule has 0 saturated carbocycles. The number of aliphatic carboxylic acids is 1. The molecule has 3 N–H and O–H groups in total. The van der Waals surface area contributed by atoms with Crippen LogP contribution in [0.1, 0.15) is 32.8 Å². The second-order valence-corrected chi connectivity index (χ2v) is 8.06. The fourth-order valence-corrected chi connectivity index (χ4v) is 2.75. The standard InChI is InChI=1S/C19H28N2O5S/c1-19(2,3)26-18(25)21-14(10-11-27-4)16(22)20-15(17(23)24)12-13-8-6-5-7-9-13/h5-9,14-15H,10-12H2,1-4H3,(H,20,22)(H,21,25)(H,23,24). The van der Waals surface area contributed by atoms with Crippen molar-refractivity contribution in [1.29, 1.82) is 0 Å². The largest absolute Gasteiger partial charge is 0.480 e. The molecule has 0 fully saturated rings. The normalized spacial score (nSPS) is 13.3. The number of amides is 2. The van der Waals surface area contributed by atoms with Gasteiger partial charge in [-0.1, -0.05) is 30.3 Å². The maximum absolute atomic E-state index is 12.6. The highest BCUT2D eigenvalue weighted by molar-refractivity contribution is 7.98. The zero-order valence-electron chi connectivity index (χ0n) is 16.2. The Morgan fingerprint density at radius 1 is 1.11 bits per heavy atom. The molecule has 1 aromatic carbocycles. The lowest BCUT2D eigenvalue weighted by atomic mass is 10.1. The molecule has 0 aliphatic rings. The number of rotatable bonds is 9. The number of benzene rings is 1. The lowest BCUT2D eigenvalue weighted by molar-refractivity contribution is -0.142. The van der Waals surface area contributed by atoms with Crippen molar-refractivity contribution in [2.24, 2.45) is 0 Å². The van der Waals surface area contributed by atoms with Crippen molar-refractivity contribution in [3.05, 3.63) is 35.9 Å². The summed E-state index contributed by atoms with van der Waals surface area (Å²) < 4.78 is 5.19. The Morgan fingerprint density at radius 3 is 2.26 bits per heavy atom. The molecule has 0 heterocycles. The summed E-state index contributed by atoms with van der Waals surface area (Å²) in [7, 11) is 0. The molecular formula is C19H28N2O5S. The molecule has 0 bridgehead atoms. The maximum Gasteiger partial charge on any atom is 0.408 e. The minimum absolute atomic E-state index is 0.156. The number of carbonyl (C=O) groups excluding carboxylic acids is 2. The fourth-order valence-electron chi connectivity index (χ4n) is 2.28. The van der Waals surface area contributed by atoms with E-state index in [0.717, 1.165) is 5.56 Å². The van der Waals surface area contributed by atoms with Crippen molar-refractivity contribution in [1.82, 2.24) is 10.6 Å². The summed E-state index contributed by atoms with van der Waals surface area (Å²) in [5.41, 5.74) is 0.104. The number of carboxylic acids is 1. The summed E-state index contributed by atoms with van der Waals surface area (Å²) in [6.45, 7) is 5.18. The van der Waals surface area contributed by atoms with Gasteiger partial charge in [0.15, 0.2) is 0 Å². The monoisotopic (exact) mass is 396 g/mol. The molecule has 0 radical (unpaired) electrons. The number of carbonyl (C=O) groups is 3. The number of carboxylic acid groups (broad SMARTS) is 1. The van der Waals surface area contributed by atoms with Gasteiger partial charge in [-0.15, -0.1) is 0 Å². The van der Waals surface area contributed by atoms with Crippen LogP contribution in [-0.2, 0) is 20.7 Å². The molecule has 27 heavy (non-hydrogen) atoms. The molecule has 0 spiro atoms. The van der Waals surface area contributed by atoms with Crippen molar-refractivity contribution in [2.45, 2.75) is 51.3 Å². The third kappa shape index (κ3) is 9.33. The van der Waals surface area contributed by atoms with Gasteiger partial charge >= 0.3 is 12.1 Å². The maximum atomic E-state index is 12.6. The van der Waals surface area contributed by atoms with E-state index in [1.807, 2.05) is 12.3 Å². The summed E-state index contributed by atoms with van der Waals surface area (Å²) in [5, 5.41) is 14.5. The lowest BCUT2D eigenvalue weighted by Gasteiger charge is -2.24. The van der Waals surface area contributed by atoms with Gasteiger partial charge in [0, 0.05) is 6.42 Å². The molecule has 8 heteroatoms. The lowest BCUT2D eigenvalue weighted by Crippen LogP contribution is -2.53. The first kappa shape index (κ1) is 22.8. The minimum atomic E-state index is -1.13. The first-order valence-electron chi connectivity index (χ1n) is 8.68. The Morgan fingerprint density at radius 2 is 1.74 bits per heavy atom. The Labute approximate surface area is 164 Å². The highest BCUT2D eigenvalue weighted by Gasteiger charge is 2.28. The second-order valence-electron chi connectivity index (χ2n) is 7.07. The van der Waals surface area contributed by atoms with E-state index in [-0.39, 0.29) is 6.42 Å². The van der Waals surface area contributed by atoms with Crippen LogP contribution in [0.3, 0.4) is 0 Å². The van der Waals surface area contributed by atoms with Crippen molar-refractivity contribution < 1.29 is 24.2 Å². The summed E-state index contributed by atoms with van der Waals surface area (Å²) in [5.74, 6) is -1.05. The molecule has 150 valence electrons. The number of thioether (sulfide) groups is 1. The smallest absolute Gasteiger partial charge is 0.408 e. The number of alkyl carbamates (subject to hydrolysis) is 1. The number of hydrogen-bond acceptors (Lipinski definition) is 5. The van der Waals surface area contributed by atoms with Crippen LogP contribution in [0.5, 0.6) is 0 Å². The Balaban J connectivity index is 2.79. The van der Waals surface area contributed by atoms with Gasteiger partial charge in [-0.2, -0.15) is 11.8 Å². The summed E-state index contributed by atoms with van der Waals surface area (Å²) >= 11 is 1.53. The summed E-state index contributed by atoms with van der Waals surface area (Å²) in [6, 6.07) is 7.09. The Bertz CT molecular complexity index is 631. The van der Waals surface area contributed by atoms with Gasteiger partial charge in [0.2, 0.25) is 5.91 Å². The van der Waals surface area contributed by atoms with Crippen molar-refractivity contribution in [3.8, 4) is 0 Å². The highest BCUT2D eigenvalue weighted by atomic mass is 32.2. The van der Waals surface area contributed by atoms with Crippen molar-refractivity contribution in [3.63, 3.8) is 0 Å². The zero-order chi connectivity index (χ0) is 20.4. The molecule has 1 rings (SSSR count). The summed E-state index contributed by atoms with van der Waals surface area (Å²) in [4.78, 5) is 36.2. The van der Waals surface area contributed by atoms with E-state index in [9.17, 15) is 19.5 Å². The van der Waals surface area contributed by atoms with Gasteiger partial charge < -0.3 is 20.5 Å².